The molecular weight excluding hydrogens is 278 g/mol. The van der Waals surface area contributed by atoms with Crippen molar-refractivity contribution in [1.29, 1.82) is 0 Å². The Morgan fingerprint density at radius 2 is 2.00 bits per heavy atom. The lowest BCUT2D eigenvalue weighted by Crippen LogP contribution is -2.37. The SMILES string of the molecule is O=C(NCc1ccccn1)C(=O)Nc1c[nH]c(=O)[nH]c1=O. The molecule has 0 bridgehead atoms. The van der Waals surface area contributed by atoms with Crippen molar-refractivity contribution < 1.29 is 9.59 Å². The van der Waals surface area contributed by atoms with Crippen molar-refractivity contribution in [2.75, 3.05) is 5.32 Å². The van der Waals surface area contributed by atoms with Gasteiger partial charge < -0.3 is 15.6 Å². The second-order valence-electron chi connectivity index (χ2n) is 3.94. The Hall–Kier alpha value is -3.23. The number of amides is 2. The fraction of sp³-hybridized carbons (Fsp3) is 0.0833. The third kappa shape index (κ3) is 3.86. The minimum Gasteiger partial charge on any atom is -0.342 e. The molecular formula is C12H11N5O4. The van der Waals surface area contributed by atoms with Gasteiger partial charge in [0.05, 0.1) is 12.2 Å². The Morgan fingerprint density at radius 1 is 1.19 bits per heavy atom. The molecule has 0 radical (unpaired) electrons. The minimum atomic E-state index is -1.02. The zero-order valence-electron chi connectivity index (χ0n) is 10.7. The molecule has 4 N–H and O–H groups in total. The summed E-state index contributed by atoms with van der Waals surface area (Å²) in [6.07, 6.45) is 2.56. The zero-order chi connectivity index (χ0) is 15.2. The molecule has 2 amide bonds. The van der Waals surface area contributed by atoms with Crippen LogP contribution in [0.4, 0.5) is 5.69 Å². The number of nitrogens with one attached hydrogen (secondary N) is 4. The molecule has 2 heterocycles. The molecule has 0 saturated heterocycles. The number of carbonyl (C=O) groups is 2. The van der Waals surface area contributed by atoms with E-state index in [-0.39, 0.29) is 12.2 Å². The summed E-state index contributed by atoms with van der Waals surface area (Å²) in [6, 6.07) is 5.15. The number of pyridine rings is 1. The van der Waals surface area contributed by atoms with E-state index in [1.54, 1.807) is 24.4 Å². The van der Waals surface area contributed by atoms with Gasteiger partial charge in [-0.25, -0.2) is 4.79 Å². The van der Waals surface area contributed by atoms with Crippen molar-refractivity contribution in [1.82, 2.24) is 20.3 Å². The van der Waals surface area contributed by atoms with E-state index in [1.807, 2.05) is 4.98 Å². The maximum absolute atomic E-state index is 11.6. The number of H-pyrrole nitrogens is 2. The number of nitrogens with zero attached hydrogens (tertiary/aromatic N) is 1. The van der Waals surface area contributed by atoms with Crippen LogP contribution in [0.25, 0.3) is 0 Å². The van der Waals surface area contributed by atoms with E-state index >= 15 is 0 Å². The van der Waals surface area contributed by atoms with Gasteiger partial charge in [-0.15, -0.1) is 0 Å². The highest BCUT2D eigenvalue weighted by Crippen LogP contribution is 1.94. The fourth-order valence-electron chi connectivity index (χ4n) is 1.44. The number of anilines is 1. The van der Waals surface area contributed by atoms with E-state index in [9.17, 15) is 19.2 Å². The molecule has 0 aliphatic heterocycles. The molecule has 2 aromatic heterocycles. The molecule has 9 nitrogen and oxygen atoms in total. The maximum Gasteiger partial charge on any atom is 0.325 e. The summed E-state index contributed by atoms with van der Waals surface area (Å²) in [5, 5.41) is 4.44. The average Bonchev–Trinajstić information content (AvgIpc) is 2.48. The van der Waals surface area contributed by atoms with Gasteiger partial charge in [0.25, 0.3) is 5.56 Å². The van der Waals surface area contributed by atoms with Crippen LogP contribution >= 0.6 is 0 Å². The lowest BCUT2D eigenvalue weighted by molar-refractivity contribution is -0.136. The molecule has 21 heavy (non-hydrogen) atoms. The second kappa shape index (κ2) is 6.28. The van der Waals surface area contributed by atoms with Crippen LogP contribution in [0.3, 0.4) is 0 Å². The first-order valence-corrected chi connectivity index (χ1v) is 5.87. The van der Waals surface area contributed by atoms with Crippen molar-refractivity contribution in [3.63, 3.8) is 0 Å². The molecule has 0 spiro atoms. The van der Waals surface area contributed by atoms with Gasteiger partial charge >= 0.3 is 17.5 Å². The fourth-order valence-corrected chi connectivity index (χ4v) is 1.44. The maximum atomic E-state index is 11.6. The Labute approximate surface area is 117 Å². The van der Waals surface area contributed by atoms with E-state index in [1.165, 1.54) is 0 Å². The molecule has 108 valence electrons. The van der Waals surface area contributed by atoms with E-state index in [0.29, 0.717) is 5.69 Å². The van der Waals surface area contributed by atoms with Crippen LogP contribution < -0.4 is 21.9 Å². The van der Waals surface area contributed by atoms with E-state index in [4.69, 9.17) is 0 Å². The Morgan fingerprint density at radius 3 is 2.67 bits per heavy atom. The highest BCUT2D eigenvalue weighted by atomic mass is 16.2. The van der Waals surface area contributed by atoms with Gasteiger partial charge in [0.15, 0.2) is 0 Å². The number of aromatic amines is 2. The number of rotatable bonds is 3. The van der Waals surface area contributed by atoms with Crippen LogP contribution in [0.5, 0.6) is 0 Å². The molecule has 0 aliphatic carbocycles. The molecule has 0 aliphatic rings. The smallest absolute Gasteiger partial charge is 0.325 e. The monoisotopic (exact) mass is 289 g/mol. The van der Waals surface area contributed by atoms with Gasteiger partial charge in [-0.1, -0.05) is 6.07 Å². The van der Waals surface area contributed by atoms with Gasteiger partial charge in [0.2, 0.25) is 0 Å². The van der Waals surface area contributed by atoms with Crippen LogP contribution in [0.1, 0.15) is 5.69 Å². The average molecular weight is 289 g/mol. The molecule has 0 aromatic carbocycles. The van der Waals surface area contributed by atoms with Crippen molar-refractivity contribution in [3.05, 3.63) is 57.1 Å². The van der Waals surface area contributed by atoms with E-state index < -0.39 is 23.1 Å². The van der Waals surface area contributed by atoms with Gasteiger partial charge in [0, 0.05) is 12.4 Å². The molecule has 0 atom stereocenters. The summed E-state index contributed by atoms with van der Waals surface area (Å²) in [7, 11) is 0. The van der Waals surface area contributed by atoms with Crippen LogP contribution in [-0.2, 0) is 16.1 Å². The minimum absolute atomic E-state index is 0.0784. The molecule has 0 fully saturated rings. The predicted molar refractivity (Wildman–Crippen MR) is 72.4 cm³/mol. The topological polar surface area (TPSA) is 137 Å². The second-order valence-corrected chi connectivity index (χ2v) is 3.94. The largest absolute Gasteiger partial charge is 0.342 e. The van der Waals surface area contributed by atoms with Crippen molar-refractivity contribution >= 4 is 17.5 Å². The molecule has 0 saturated carbocycles. The predicted octanol–water partition coefficient (Wildman–Crippen LogP) is -1.29. The number of aromatic nitrogens is 3. The van der Waals surface area contributed by atoms with Crippen LogP contribution in [-0.4, -0.2) is 26.8 Å². The quantitative estimate of drug-likeness (QED) is 0.521. The normalized spacial score (nSPS) is 9.90. The lowest BCUT2D eigenvalue weighted by Gasteiger charge is -2.05. The first-order valence-electron chi connectivity index (χ1n) is 5.87. The van der Waals surface area contributed by atoms with Gasteiger partial charge in [-0.2, -0.15) is 0 Å². The van der Waals surface area contributed by atoms with Gasteiger partial charge in [0.1, 0.15) is 5.69 Å². The van der Waals surface area contributed by atoms with Crippen molar-refractivity contribution in [3.8, 4) is 0 Å². The molecule has 0 unspecified atom stereocenters. The summed E-state index contributed by atoms with van der Waals surface area (Å²) in [5.41, 5.74) is -1.16. The van der Waals surface area contributed by atoms with Crippen LogP contribution in [0, 0.1) is 0 Å². The van der Waals surface area contributed by atoms with Crippen molar-refractivity contribution in [2.24, 2.45) is 0 Å². The highest BCUT2D eigenvalue weighted by Gasteiger charge is 2.15. The number of hydrogen-bond acceptors (Lipinski definition) is 5. The van der Waals surface area contributed by atoms with E-state index in [0.717, 1.165) is 6.20 Å². The summed E-state index contributed by atoms with van der Waals surface area (Å²) in [6.45, 7) is 0.0784. The zero-order valence-corrected chi connectivity index (χ0v) is 10.7. The summed E-state index contributed by atoms with van der Waals surface area (Å²) in [4.78, 5) is 53.4. The molecule has 2 rings (SSSR count). The molecule has 9 heteroatoms. The van der Waals surface area contributed by atoms with Crippen LogP contribution in [0.2, 0.25) is 0 Å². The Bertz CT molecular complexity index is 765. The summed E-state index contributed by atoms with van der Waals surface area (Å²) >= 11 is 0. The van der Waals surface area contributed by atoms with E-state index in [2.05, 4.69) is 20.6 Å². The first-order chi connectivity index (χ1) is 10.1. The van der Waals surface area contributed by atoms with Gasteiger partial charge in [-0.3, -0.25) is 24.4 Å². The lowest BCUT2D eigenvalue weighted by atomic mass is 10.3. The number of hydrogen-bond donors (Lipinski definition) is 4. The third-order valence-electron chi connectivity index (χ3n) is 2.43. The summed E-state index contributed by atoms with van der Waals surface area (Å²) < 4.78 is 0. The van der Waals surface area contributed by atoms with Gasteiger partial charge in [-0.05, 0) is 12.1 Å². The first kappa shape index (κ1) is 14.2. The Kier molecular flexibility index (Phi) is 4.24. The number of carbonyl (C=O) groups excluding carboxylic acids is 2. The van der Waals surface area contributed by atoms with Crippen molar-refractivity contribution in [2.45, 2.75) is 6.54 Å². The standard InChI is InChI=1S/C12H11N5O4/c18-9-8(6-15-12(21)17-9)16-11(20)10(19)14-5-7-3-1-2-4-13-7/h1-4,6H,5H2,(H,14,19)(H,16,20)(H2,15,17,18,21). The Balaban J connectivity index is 1.95. The highest BCUT2D eigenvalue weighted by molar-refractivity contribution is 6.39. The molecule has 2 aromatic rings. The third-order valence-corrected chi connectivity index (χ3v) is 2.43. The summed E-state index contributed by atoms with van der Waals surface area (Å²) in [5.74, 6) is -1.95. The van der Waals surface area contributed by atoms with Crippen LogP contribution in [0.15, 0.2) is 40.2 Å².